The zero-order valence-electron chi connectivity index (χ0n) is 15.4. The second kappa shape index (κ2) is 8.15. The van der Waals surface area contributed by atoms with E-state index in [1.165, 1.54) is 13.2 Å². The molecule has 154 valence electrons. The number of methoxy groups -OCH3 is 2. The van der Waals surface area contributed by atoms with Crippen LogP contribution in [0.4, 0.5) is 13.2 Å². The number of aryl methyl sites for hydroxylation is 1. The van der Waals surface area contributed by atoms with Gasteiger partial charge in [0.2, 0.25) is 5.60 Å². The highest BCUT2D eigenvalue weighted by atomic mass is 19.4. The molecule has 0 aliphatic heterocycles. The topological polar surface area (TPSA) is 88.4 Å². The summed E-state index contributed by atoms with van der Waals surface area (Å²) in [4.78, 5) is 0. The SMILES string of the molecule is COc1cc(C(O)(C(CO)Oc2ccc(C)cc2OC)C(F)(F)F)ccc1O. The number of benzene rings is 2. The van der Waals surface area contributed by atoms with Gasteiger partial charge in [-0.05, 0) is 36.8 Å². The molecule has 3 N–H and O–H groups in total. The van der Waals surface area contributed by atoms with Gasteiger partial charge in [-0.2, -0.15) is 13.2 Å². The molecule has 0 fully saturated rings. The molecule has 0 saturated carbocycles. The Bertz CT molecular complexity index is 824. The Balaban J connectivity index is 2.57. The third-order valence-corrected chi connectivity index (χ3v) is 4.27. The van der Waals surface area contributed by atoms with Crippen molar-refractivity contribution in [2.45, 2.75) is 24.8 Å². The van der Waals surface area contributed by atoms with Crippen LogP contribution in [0.3, 0.4) is 0 Å². The fourth-order valence-electron chi connectivity index (χ4n) is 2.73. The van der Waals surface area contributed by atoms with E-state index >= 15 is 0 Å². The van der Waals surface area contributed by atoms with E-state index in [4.69, 9.17) is 14.2 Å². The second-order valence-corrected chi connectivity index (χ2v) is 6.09. The number of alkyl halides is 3. The molecule has 9 heteroatoms. The Morgan fingerprint density at radius 2 is 1.61 bits per heavy atom. The molecule has 2 rings (SSSR count). The minimum atomic E-state index is -5.22. The van der Waals surface area contributed by atoms with Gasteiger partial charge in [0.15, 0.2) is 29.1 Å². The van der Waals surface area contributed by atoms with Crippen LogP contribution in [-0.4, -0.2) is 48.4 Å². The van der Waals surface area contributed by atoms with Gasteiger partial charge in [0, 0.05) is 5.56 Å². The minimum absolute atomic E-state index is 0.0828. The number of ether oxygens (including phenoxy) is 3. The van der Waals surface area contributed by atoms with Gasteiger partial charge in [0.1, 0.15) is 0 Å². The van der Waals surface area contributed by atoms with Crippen molar-refractivity contribution in [2.24, 2.45) is 0 Å². The fourth-order valence-corrected chi connectivity index (χ4v) is 2.73. The summed E-state index contributed by atoms with van der Waals surface area (Å²) in [5.41, 5.74) is -3.49. The second-order valence-electron chi connectivity index (χ2n) is 6.09. The zero-order chi connectivity index (χ0) is 21.1. The van der Waals surface area contributed by atoms with Gasteiger partial charge in [-0.1, -0.05) is 12.1 Å². The quantitative estimate of drug-likeness (QED) is 0.660. The predicted octanol–water partition coefficient (Wildman–Crippen LogP) is 2.91. The van der Waals surface area contributed by atoms with Gasteiger partial charge in [-0.25, -0.2) is 0 Å². The highest BCUT2D eigenvalue weighted by Gasteiger charge is 2.61. The average molecular weight is 402 g/mol. The Labute approximate surface area is 159 Å². The average Bonchev–Trinajstić information content (AvgIpc) is 2.65. The molecule has 0 aromatic heterocycles. The first-order chi connectivity index (χ1) is 13.1. The predicted molar refractivity (Wildman–Crippen MR) is 93.8 cm³/mol. The van der Waals surface area contributed by atoms with Gasteiger partial charge in [-0.3, -0.25) is 0 Å². The summed E-state index contributed by atoms with van der Waals surface area (Å²) in [7, 11) is 2.47. The molecule has 0 aliphatic rings. The van der Waals surface area contributed by atoms with Crippen LogP contribution in [0.2, 0.25) is 0 Å². The van der Waals surface area contributed by atoms with E-state index in [1.807, 2.05) is 0 Å². The van der Waals surface area contributed by atoms with Crippen molar-refractivity contribution < 1.29 is 42.7 Å². The summed E-state index contributed by atoms with van der Waals surface area (Å²) in [6, 6.07) is 7.17. The van der Waals surface area contributed by atoms with Crippen LogP contribution in [0.25, 0.3) is 0 Å². The normalized spacial score (nSPS) is 14.9. The number of hydrogen-bond donors (Lipinski definition) is 3. The minimum Gasteiger partial charge on any atom is -0.504 e. The maximum absolute atomic E-state index is 13.9. The number of rotatable bonds is 7. The van der Waals surface area contributed by atoms with Crippen LogP contribution in [0.15, 0.2) is 36.4 Å². The van der Waals surface area contributed by atoms with Gasteiger partial charge >= 0.3 is 6.18 Å². The first kappa shape index (κ1) is 21.6. The monoisotopic (exact) mass is 402 g/mol. The van der Waals surface area contributed by atoms with Crippen LogP contribution < -0.4 is 14.2 Å². The van der Waals surface area contributed by atoms with Crippen molar-refractivity contribution in [3.63, 3.8) is 0 Å². The van der Waals surface area contributed by atoms with Crippen molar-refractivity contribution in [3.05, 3.63) is 47.5 Å². The highest BCUT2D eigenvalue weighted by molar-refractivity contribution is 5.46. The lowest BCUT2D eigenvalue weighted by Gasteiger charge is -2.37. The fraction of sp³-hybridized carbons (Fsp3) is 0.368. The molecule has 0 heterocycles. The zero-order valence-corrected chi connectivity index (χ0v) is 15.4. The Hall–Kier alpha value is -2.65. The number of aliphatic hydroxyl groups excluding tert-OH is 1. The third-order valence-electron chi connectivity index (χ3n) is 4.27. The highest BCUT2D eigenvalue weighted by Crippen LogP contribution is 2.45. The van der Waals surface area contributed by atoms with Gasteiger partial charge in [0.25, 0.3) is 0 Å². The van der Waals surface area contributed by atoms with E-state index in [0.717, 1.165) is 30.9 Å². The standard InChI is InChI=1S/C19H21F3O6/c1-11-4-7-14(16(8-11)27-3)28-17(10-23)18(25,19(20,21)22)12-5-6-13(24)15(9-12)26-2/h4-9,17,23-25H,10H2,1-3H3. The molecule has 6 nitrogen and oxygen atoms in total. The molecular formula is C19H21F3O6. The number of phenols is 1. The summed E-state index contributed by atoms with van der Waals surface area (Å²) in [6.07, 6.45) is -7.35. The molecule has 2 unspecified atom stereocenters. The van der Waals surface area contributed by atoms with Crippen LogP contribution in [-0.2, 0) is 5.60 Å². The molecule has 0 radical (unpaired) electrons. The summed E-state index contributed by atoms with van der Waals surface area (Å²) < 4.78 is 57.1. The molecule has 0 amide bonds. The van der Waals surface area contributed by atoms with Crippen LogP contribution in [0, 0.1) is 6.92 Å². The van der Waals surface area contributed by atoms with Crippen molar-refractivity contribution >= 4 is 0 Å². The van der Waals surface area contributed by atoms with Crippen molar-refractivity contribution in [2.75, 3.05) is 20.8 Å². The lowest BCUT2D eigenvalue weighted by Crippen LogP contribution is -2.55. The number of halogens is 3. The number of hydrogen-bond acceptors (Lipinski definition) is 6. The van der Waals surface area contributed by atoms with E-state index < -0.39 is 35.8 Å². The van der Waals surface area contributed by atoms with Crippen LogP contribution in [0.5, 0.6) is 23.0 Å². The van der Waals surface area contributed by atoms with Crippen molar-refractivity contribution in [3.8, 4) is 23.0 Å². The van der Waals surface area contributed by atoms with Crippen molar-refractivity contribution in [1.82, 2.24) is 0 Å². The van der Waals surface area contributed by atoms with Gasteiger partial charge < -0.3 is 29.5 Å². The van der Waals surface area contributed by atoms with E-state index in [9.17, 15) is 28.5 Å². The Morgan fingerprint density at radius 3 is 2.14 bits per heavy atom. The summed E-state index contributed by atoms with van der Waals surface area (Å²) >= 11 is 0. The van der Waals surface area contributed by atoms with Crippen LogP contribution >= 0.6 is 0 Å². The number of aliphatic hydroxyl groups is 2. The first-order valence-electron chi connectivity index (χ1n) is 8.17. The number of phenolic OH excluding ortho intramolecular Hbond substituents is 1. The Kier molecular flexibility index (Phi) is 6.30. The first-order valence-corrected chi connectivity index (χ1v) is 8.17. The van der Waals surface area contributed by atoms with Crippen LogP contribution in [0.1, 0.15) is 11.1 Å². The molecule has 0 aliphatic carbocycles. The van der Waals surface area contributed by atoms with E-state index in [2.05, 4.69) is 0 Å². The molecule has 28 heavy (non-hydrogen) atoms. The molecule has 0 saturated heterocycles. The molecule has 0 bridgehead atoms. The van der Waals surface area contributed by atoms with E-state index in [0.29, 0.717) is 0 Å². The largest absolute Gasteiger partial charge is 0.504 e. The summed E-state index contributed by atoms with van der Waals surface area (Å²) in [5.74, 6) is -0.617. The maximum Gasteiger partial charge on any atom is 0.425 e. The molecule has 0 spiro atoms. The maximum atomic E-state index is 13.9. The molecule has 2 atom stereocenters. The van der Waals surface area contributed by atoms with E-state index in [1.54, 1.807) is 19.1 Å². The lowest BCUT2D eigenvalue weighted by molar-refractivity contribution is -0.297. The summed E-state index contributed by atoms with van der Waals surface area (Å²) in [5, 5.41) is 30.0. The lowest BCUT2D eigenvalue weighted by atomic mass is 9.87. The third kappa shape index (κ3) is 3.95. The molecule has 2 aromatic carbocycles. The van der Waals surface area contributed by atoms with Gasteiger partial charge in [-0.15, -0.1) is 0 Å². The smallest absolute Gasteiger partial charge is 0.425 e. The van der Waals surface area contributed by atoms with E-state index in [-0.39, 0.29) is 17.2 Å². The molecule has 2 aromatic rings. The van der Waals surface area contributed by atoms with Crippen molar-refractivity contribution in [1.29, 1.82) is 0 Å². The number of aromatic hydroxyl groups is 1. The van der Waals surface area contributed by atoms with Gasteiger partial charge in [0.05, 0.1) is 20.8 Å². The summed E-state index contributed by atoms with van der Waals surface area (Å²) in [6.45, 7) is 0.598. The Morgan fingerprint density at radius 1 is 0.964 bits per heavy atom. The molecular weight excluding hydrogens is 381 g/mol.